The second-order valence-electron chi connectivity index (χ2n) is 4.72. The van der Waals surface area contributed by atoms with E-state index in [4.69, 9.17) is 0 Å². The Balaban J connectivity index is 2.65. The minimum atomic E-state index is -0.275. The van der Waals surface area contributed by atoms with Crippen LogP contribution in [-0.4, -0.2) is 35.0 Å². The van der Waals surface area contributed by atoms with Crippen molar-refractivity contribution in [3.8, 4) is 0 Å². The number of aliphatic hydroxyl groups excluding tert-OH is 1. The van der Waals surface area contributed by atoms with E-state index in [0.717, 1.165) is 13.1 Å². The third-order valence-corrected chi connectivity index (χ3v) is 3.52. The van der Waals surface area contributed by atoms with E-state index in [1.54, 1.807) is 11.8 Å². The molecule has 0 saturated heterocycles. The molecule has 0 aliphatic carbocycles. The van der Waals surface area contributed by atoms with Crippen LogP contribution < -0.4 is 0 Å². The minimum absolute atomic E-state index is 0.275. The molecular weight excluding hydrogens is 230 g/mol. The number of hydrogen-bond donors (Lipinski definition) is 1. The molecular formula is C14H23NOS. The summed E-state index contributed by atoms with van der Waals surface area (Å²) < 4.78 is 0. The zero-order valence-corrected chi connectivity index (χ0v) is 12.0. The van der Waals surface area contributed by atoms with E-state index in [1.165, 1.54) is 10.5 Å². The Bertz CT molecular complexity index is 321. The molecule has 0 amide bonds. The fraction of sp³-hybridized carbons (Fsp3) is 0.571. The summed E-state index contributed by atoms with van der Waals surface area (Å²) in [6.07, 6.45) is 1.81. The van der Waals surface area contributed by atoms with E-state index in [2.05, 4.69) is 49.3 Å². The lowest BCUT2D eigenvalue weighted by molar-refractivity contribution is 0.103. The van der Waals surface area contributed by atoms with Crippen molar-refractivity contribution < 1.29 is 5.11 Å². The monoisotopic (exact) mass is 253 g/mol. The Hall–Kier alpha value is -0.510. The predicted octanol–water partition coefficient (Wildman–Crippen LogP) is 3.00. The van der Waals surface area contributed by atoms with Crippen molar-refractivity contribution in [1.29, 1.82) is 0 Å². The van der Waals surface area contributed by atoms with Crippen molar-refractivity contribution in [3.05, 3.63) is 29.8 Å². The minimum Gasteiger partial charge on any atom is -0.392 e. The van der Waals surface area contributed by atoms with Gasteiger partial charge < -0.3 is 5.11 Å². The molecule has 0 fully saturated rings. The van der Waals surface area contributed by atoms with E-state index in [-0.39, 0.29) is 6.10 Å². The van der Waals surface area contributed by atoms with Gasteiger partial charge in [-0.3, -0.25) is 4.90 Å². The van der Waals surface area contributed by atoms with Crippen LogP contribution in [0, 0.1) is 0 Å². The standard InChI is InChI=1S/C14H23NOS/c1-11(2)15(9-12(3)16)10-13-5-7-14(17-4)8-6-13/h5-8,11-12,16H,9-10H2,1-4H3. The molecule has 0 aliphatic rings. The summed E-state index contributed by atoms with van der Waals surface area (Å²) in [5.74, 6) is 0. The lowest BCUT2D eigenvalue weighted by Gasteiger charge is -2.27. The summed E-state index contributed by atoms with van der Waals surface area (Å²) in [7, 11) is 0. The average molecular weight is 253 g/mol. The largest absolute Gasteiger partial charge is 0.392 e. The SMILES string of the molecule is CSc1ccc(CN(CC(C)O)C(C)C)cc1. The van der Waals surface area contributed by atoms with Gasteiger partial charge in [-0.2, -0.15) is 0 Å². The van der Waals surface area contributed by atoms with Gasteiger partial charge in [-0.25, -0.2) is 0 Å². The van der Waals surface area contributed by atoms with Gasteiger partial charge in [0.05, 0.1) is 6.10 Å². The van der Waals surface area contributed by atoms with Crippen LogP contribution in [0.3, 0.4) is 0 Å². The Morgan fingerprint density at radius 2 is 1.76 bits per heavy atom. The Kier molecular flexibility index (Phi) is 6.03. The molecule has 0 spiro atoms. The number of hydrogen-bond acceptors (Lipinski definition) is 3. The summed E-state index contributed by atoms with van der Waals surface area (Å²) in [5.41, 5.74) is 1.30. The topological polar surface area (TPSA) is 23.5 Å². The second kappa shape index (κ2) is 7.04. The highest BCUT2D eigenvalue weighted by Crippen LogP contribution is 2.16. The van der Waals surface area contributed by atoms with Crippen molar-refractivity contribution >= 4 is 11.8 Å². The maximum absolute atomic E-state index is 9.49. The first-order valence-corrected chi connectivity index (χ1v) is 7.30. The Morgan fingerprint density at radius 1 is 1.18 bits per heavy atom. The van der Waals surface area contributed by atoms with E-state index < -0.39 is 0 Å². The maximum atomic E-state index is 9.49. The molecule has 17 heavy (non-hydrogen) atoms. The van der Waals surface area contributed by atoms with Crippen LogP contribution in [0.5, 0.6) is 0 Å². The van der Waals surface area contributed by atoms with Gasteiger partial charge in [0.25, 0.3) is 0 Å². The van der Waals surface area contributed by atoms with Gasteiger partial charge in [0.2, 0.25) is 0 Å². The van der Waals surface area contributed by atoms with Crippen molar-refractivity contribution in [3.63, 3.8) is 0 Å². The zero-order chi connectivity index (χ0) is 12.8. The number of nitrogens with zero attached hydrogens (tertiary/aromatic N) is 1. The lowest BCUT2D eigenvalue weighted by atomic mass is 10.2. The Labute approximate surface area is 109 Å². The molecule has 1 atom stereocenters. The Morgan fingerprint density at radius 3 is 2.18 bits per heavy atom. The molecule has 1 aromatic carbocycles. The second-order valence-corrected chi connectivity index (χ2v) is 5.60. The number of rotatable bonds is 6. The first kappa shape index (κ1) is 14.6. The molecule has 0 saturated carbocycles. The maximum Gasteiger partial charge on any atom is 0.0639 e. The molecule has 1 unspecified atom stereocenters. The number of benzene rings is 1. The first-order chi connectivity index (χ1) is 8.02. The van der Waals surface area contributed by atoms with E-state index in [9.17, 15) is 5.11 Å². The summed E-state index contributed by atoms with van der Waals surface area (Å²) in [6, 6.07) is 9.10. The van der Waals surface area contributed by atoms with Gasteiger partial charge in [-0.05, 0) is 44.7 Å². The fourth-order valence-corrected chi connectivity index (χ4v) is 2.17. The molecule has 0 aromatic heterocycles. The van der Waals surface area contributed by atoms with Crippen LogP contribution in [0.4, 0.5) is 0 Å². The molecule has 0 bridgehead atoms. The average Bonchev–Trinajstić information content (AvgIpc) is 2.28. The van der Waals surface area contributed by atoms with Gasteiger partial charge in [-0.1, -0.05) is 12.1 Å². The van der Waals surface area contributed by atoms with Crippen LogP contribution in [-0.2, 0) is 6.54 Å². The van der Waals surface area contributed by atoms with E-state index in [0.29, 0.717) is 6.04 Å². The molecule has 96 valence electrons. The van der Waals surface area contributed by atoms with E-state index in [1.807, 2.05) is 6.92 Å². The van der Waals surface area contributed by atoms with Crippen LogP contribution in [0.2, 0.25) is 0 Å². The smallest absolute Gasteiger partial charge is 0.0639 e. The quantitative estimate of drug-likeness (QED) is 0.788. The molecule has 0 radical (unpaired) electrons. The van der Waals surface area contributed by atoms with Gasteiger partial charge in [-0.15, -0.1) is 11.8 Å². The summed E-state index contributed by atoms with van der Waals surface area (Å²) in [5, 5.41) is 9.49. The summed E-state index contributed by atoms with van der Waals surface area (Å²) in [6.45, 7) is 7.79. The number of thioether (sulfide) groups is 1. The molecule has 2 nitrogen and oxygen atoms in total. The molecule has 1 N–H and O–H groups in total. The molecule has 1 rings (SSSR count). The summed E-state index contributed by atoms with van der Waals surface area (Å²) >= 11 is 1.76. The van der Waals surface area contributed by atoms with Crippen molar-refractivity contribution in [2.24, 2.45) is 0 Å². The normalized spacial score (nSPS) is 13.4. The van der Waals surface area contributed by atoms with Crippen LogP contribution in [0.1, 0.15) is 26.3 Å². The highest BCUT2D eigenvalue weighted by atomic mass is 32.2. The molecule has 0 heterocycles. The summed E-state index contributed by atoms with van der Waals surface area (Å²) in [4.78, 5) is 3.58. The van der Waals surface area contributed by atoms with Crippen LogP contribution >= 0.6 is 11.8 Å². The van der Waals surface area contributed by atoms with Gasteiger partial charge in [0, 0.05) is 24.0 Å². The molecule has 1 aromatic rings. The van der Waals surface area contributed by atoms with Gasteiger partial charge in [0.1, 0.15) is 0 Å². The number of aliphatic hydroxyl groups is 1. The van der Waals surface area contributed by atoms with E-state index >= 15 is 0 Å². The molecule has 3 heteroatoms. The third-order valence-electron chi connectivity index (χ3n) is 2.77. The molecule has 0 aliphatic heterocycles. The van der Waals surface area contributed by atoms with Crippen molar-refractivity contribution in [1.82, 2.24) is 4.90 Å². The lowest BCUT2D eigenvalue weighted by Crippen LogP contribution is -2.36. The first-order valence-electron chi connectivity index (χ1n) is 6.08. The predicted molar refractivity (Wildman–Crippen MR) is 75.4 cm³/mol. The highest BCUT2D eigenvalue weighted by Gasteiger charge is 2.12. The van der Waals surface area contributed by atoms with Crippen molar-refractivity contribution in [2.45, 2.75) is 44.4 Å². The fourth-order valence-electron chi connectivity index (χ4n) is 1.76. The van der Waals surface area contributed by atoms with Gasteiger partial charge in [0.15, 0.2) is 0 Å². The van der Waals surface area contributed by atoms with Crippen molar-refractivity contribution in [2.75, 3.05) is 12.8 Å². The zero-order valence-electron chi connectivity index (χ0n) is 11.2. The third kappa shape index (κ3) is 5.11. The van der Waals surface area contributed by atoms with Gasteiger partial charge >= 0.3 is 0 Å². The van der Waals surface area contributed by atoms with Crippen LogP contribution in [0.25, 0.3) is 0 Å². The highest BCUT2D eigenvalue weighted by molar-refractivity contribution is 7.98. The van der Waals surface area contributed by atoms with Crippen LogP contribution in [0.15, 0.2) is 29.2 Å².